The van der Waals surface area contributed by atoms with Gasteiger partial charge in [0.2, 0.25) is 11.8 Å². The van der Waals surface area contributed by atoms with Crippen LogP contribution in [-0.4, -0.2) is 55.0 Å². The first-order chi connectivity index (χ1) is 17.5. The molecule has 3 amide bonds. The summed E-state index contributed by atoms with van der Waals surface area (Å²) in [6.07, 6.45) is 0.991. The van der Waals surface area contributed by atoms with E-state index >= 15 is 0 Å². The molecule has 6 rings (SSSR count). The number of ether oxygens (including phenoxy) is 1. The van der Waals surface area contributed by atoms with Gasteiger partial charge in [-0.2, -0.15) is 0 Å². The standard InChI is InChI=1S/C28H26FN3O4/c29-20-14-21-19(13-17-1-3-18(4-2-17)16-31-9-11-36-12-10-31)5-6-23-26(21)22(15-20)28(35)32(23)24-7-8-25(33)30-27(24)34/h1-6,14-15,24H,7-13,16H2,(H,30,33,34). The summed E-state index contributed by atoms with van der Waals surface area (Å²) in [7, 11) is 0. The highest BCUT2D eigenvalue weighted by molar-refractivity contribution is 6.27. The van der Waals surface area contributed by atoms with Crippen LogP contribution in [0.2, 0.25) is 0 Å². The summed E-state index contributed by atoms with van der Waals surface area (Å²) in [6.45, 7) is 4.28. The minimum absolute atomic E-state index is 0.160. The van der Waals surface area contributed by atoms with Crippen molar-refractivity contribution in [3.63, 3.8) is 0 Å². The number of carbonyl (C=O) groups is 3. The molecule has 0 bridgehead atoms. The Kier molecular flexibility index (Phi) is 5.78. The Hall–Kier alpha value is -3.62. The number of benzene rings is 3. The zero-order valence-corrected chi connectivity index (χ0v) is 19.8. The van der Waals surface area contributed by atoms with Crippen molar-refractivity contribution in [3.05, 3.63) is 76.6 Å². The number of halogens is 1. The minimum atomic E-state index is -0.793. The second-order valence-electron chi connectivity index (χ2n) is 9.64. The van der Waals surface area contributed by atoms with Crippen LogP contribution in [0.3, 0.4) is 0 Å². The maximum atomic E-state index is 14.7. The number of rotatable bonds is 5. The molecule has 3 aliphatic heterocycles. The first-order valence-corrected chi connectivity index (χ1v) is 12.3. The predicted molar refractivity (Wildman–Crippen MR) is 132 cm³/mol. The fourth-order valence-corrected chi connectivity index (χ4v) is 5.49. The van der Waals surface area contributed by atoms with Crippen LogP contribution >= 0.6 is 0 Å². The van der Waals surface area contributed by atoms with Crippen LogP contribution in [0.5, 0.6) is 0 Å². The van der Waals surface area contributed by atoms with E-state index in [-0.39, 0.29) is 24.3 Å². The SMILES string of the molecule is O=C1CCC(N2C(=O)c3cc(F)cc4c(Cc5ccc(CN6CCOCC6)cc5)ccc2c34)C(=O)N1. The third-order valence-electron chi connectivity index (χ3n) is 7.31. The number of imide groups is 1. The second-order valence-corrected chi connectivity index (χ2v) is 9.64. The molecule has 0 radical (unpaired) electrons. The van der Waals surface area contributed by atoms with Gasteiger partial charge in [0.1, 0.15) is 11.9 Å². The molecule has 3 aromatic carbocycles. The molecule has 1 unspecified atom stereocenters. The average Bonchev–Trinajstić information content (AvgIpc) is 3.14. The van der Waals surface area contributed by atoms with Gasteiger partial charge in [-0.25, -0.2) is 4.39 Å². The molecule has 3 heterocycles. The van der Waals surface area contributed by atoms with Gasteiger partial charge < -0.3 is 4.74 Å². The van der Waals surface area contributed by atoms with E-state index in [0.717, 1.165) is 44.0 Å². The molecule has 184 valence electrons. The van der Waals surface area contributed by atoms with E-state index in [1.54, 1.807) is 0 Å². The number of hydrogen-bond acceptors (Lipinski definition) is 5. The van der Waals surface area contributed by atoms with Crippen LogP contribution in [0.1, 0.15) is 39.9 Å². The Bertz CT molecular complexity index is 1380. The highest BCUT2D eigenvalue weighted by Crippen LogP contribution is 2.42. The quantitative estimate of drug-likeness (QED) is 0.560. The summed E-state index contributed by atoms with van der Waals surface area (Å²) in [4.78, 5) is 41.2. The lowest BCUT2D eigenvalue weighted by Crippen LogP contribution is -2.53. The Morgan fingerprint density at radius 1 is 0.972 bits per heavy atom. The van der Waals surface area contributed by atoms with Crippen LogP contribution in [0.15, 0.2) is 48.5 Å². The van der Waals surface area contributed by atoms with E-state index in [1.165, 1.54) is 22.6 Å². The molecule has 7 nitrogen and oxygen atoms in total. The molecule has 8 heteroatoms. The summed E-state index contributed by atoms with van der Waals surface area (Å²) in [5, 5.41) is 3.65. The molecule has 1 atom stereocenters. The number of piperidine rings is 1. The van der Waals surface area contributed by atoms with Gasteiger partial charge in [0, 0.05) is 31.4 Å². The van der Waals surface area contributed by atoms with Gasteiger partial charge in [-0.1, -0.05) is 30.3 Å². The van der Waals surface area contributed by atoms with E-state index in [4.69, 9.17) is 4.74 Å². The number of carbonyl (C=O) groups excluding carboxylic acids is 3. The maximum Gasteiger partial charge on any atom is 0.259 e. The molecule has 3 aliphatic rings. The van der Waals surface area contributed by atoms with Gasteiger partial charge in [-0.3, -0.25) is 29.5 Å². The Morgan fingerprint density at radius 3 is 2.47 bits per heavy atom. The van der Waals surface area contributed by atoms with Gasteiger partial charge in [0.05, 0.1) is 24.5 Å². The van der Waals surface area contributed by atoms with Crippen molar-refractivity contribution in [3.8, 4) is 0 Å². The number of nitrogens with zero attached hydrogens (tertiary/aromatic N) is 2. The summed E-state index contributed by atoms with van der Waals surface area (Å²) < 4.78 is 20.1. The van der Waals surface area contributed by atoms with E-state index in [0.29, 0.717) is 22.9 Å². The average molecular weight is 488 g/mol. The van der Waals surface area contributed by atoms with Crippen molar-refractivity contribution in [2.75, 3.05) is 31.2 Å². The van der Waals surface area contributed by atoms with Gasteiger partial charge in [0.25, 0.3) is 5.91 Å². The van der Waals surface area contributed by atoms with Gasteiger partial charge >= 0.3 is 0 Å². The summed E-state index contributed by atoms with van der Waals surface area (Å²) in [5.41, 5.74) is 4.08. The maximum absolute atomic E-state index is 14.7. The van der Waals surface area contributed by atoms with Crippen molar-refractivity contribution >= 4 is 34.2 Å². The minimum Gasteiger partial charge on any atom is -0.379 e. The van der Waals surface area contributed by atoms with Crippen LogP contribution in [0, 0.1) is 5.82 Å². The molecular formula is C28H26FN3O4. The van der Waals surface area contributed by atoms with E-state index in [1.807, 2.05) is 12.1 Å². The number of nitrogens with one attached hydrogen (secondary N) is 1. The first-order valence-electron chi connectivity index (χ1n) is 12.3. The summed E-state index contributed by atoms with van der Waals surface area (Å²) in [5.74, 6) is -1.74. The van der Waals surface area contributed by atoms with Crippen molar-refractivity contribution in [1.82, 2.24) is 10.2 Å². The lowest BCUT2D eigenvalue weighted by Gasteiger charge is -2.30. The molecule has 1 N–H and O–H groups in total. The third kappa shape index (κ3) is 4.06. The normalized spacial score (nSPS) is 20.3. The predicted octanol–water partition coefficient (Wildman–Crippen LogP) is 3.17. The van der Waals surface area contributed by atoms with Crippen molar-refractivity contribution in [2.24, 2.45) is 0 Å². The highest BCUT2D eigenvalue weighted by Gasteiger charge is 2.41. The third-order valence-corrected chi connectivity index (χ3v) is 7.31. The fourth-order valence-electron chi connectivity index (χ4n) is 5.49. The Balaban J connectivity index is 1.30. The molecule has 0 aromatic heterocycles. The number of anilines is 1. The van der Waals surface area contributed by atoms with E-state index in [2.05, 4.69) is 34.5 Å². The Morgan fingerprint density at radius 2 is 1.72 bits per heavy atom. The largest absolute Gasteiger partial charge is 0.379 e. The molecule has 36 heavy (non-hydrogen) atoms. The topological polar surface area (TPSA) is 79.0 Å². The molecule has 0 saturated carbocycles. The van der Waals surface area contributed by atoms with Crippen LogP contribution in [-0.2, 0) is 27.3 Å². The number of hydrogen-bond donors (Lipinski definition) is 1. The van der Waals surface area contributed by atoms with Gasteiger partial charge in [-0.05, 0) is 53.1 Å². The monoisotopic (exact) mass is 487 g/mol. The van der Waals surface area contributed by atoms with Crippen LogP contribution in [0.4, 0.5) is 10.1 Å². The lowest BCUT2D eigenvalue weighted by molar-refractivity contribution is -0.134. The number of amides is 3. The molecule has 2 fully saturated rings. The first kappa shape index (κ1) is 22.8. The van der Waals surface area contributed by atoms with Crippen molar-refractivity contribution in [2.45, 2.75) is 31.8 Å². The highest BCUT2D eigenvalue weighted by atomic mass is 19.1. The lowest BCUT2D eigenvalue weighted by atomic mass is 9.95. The molecule has 3 aromatic rings. The van der Waals surface area contributed by atoms with Gasteiger partial charge in [0.15, 0.2) is 0 Å². The second kappa shape index (κ2) is 9.11. The molecule has 0 spiro atoms. The van der Waals surface area contributed by atoms with E-state index < -0.39 is 23.7 Å². The van der Waals surface area contributed by atoms with Crippen LogP contribution in [0.25, 0.3) is 10.8 Å². The fraction of sp³-hybridized carbons (Fsp3) is 0.321. The summed E-state index contributed by atoms with van der Waals surface area (Å²) in [6, 6.07) is 14.1. The molecule has 0 aliphatic carbocycles. The number of morpholine rings is 1. The molecule has 2 saturated heterocycles. The van der Waals surface area contributed by atoms with Gasteiger partial charge in [-0.15, -0.1) is 0 Å². The zero-order valence-electron chi connectivity index (χ0n) is 19.8. The zero-order chi connectivity index (χ0) is 24.8. The van der Waals surface area contributed by atoms with Crippen molar-refractivity contribution < 1.29 is 23.5 Å². The Labute approximate surface area is 207 Å². The van der Waals surface area contributed by atoms with Crippen LogP contribution < -0.4 is 10.2 Å². The van der Waals surface area contributed by atoms with E-state index in [9.17, 15) is 18.8 Å². The summed E-state index contributed by atoms with van der Waals surface area (Å²) >= 11 is 0. The molecular weight excluding hydrogens is 461 g/mol. The van der Waals surface area contributed by atoms with Crippen molar-refractivity contribution in [1.29, 1.82) is 0 Å². The smallest absolute Gasteiger partial charge is 0.259 e.